The molecule has 2 aliphatic heterocycles. The Kier molecular flexibility index (Phi) is 3.86. The fraction of sp³-hybridized carbons (Fsp3) is 0.786. The Morgan fingerprint density at radius 3 is 2.74 bits per heavy atom. The molecule has 3 heterocycles. The lowest BCUT2D eigenvalue weighted by Gasteiger charge is -2.34. The van der Waals surface area contributed by atoms with E-state index < -0.39 is 0 Å². The molecule has 1 aromatic rings. The molecule has 1 aromatic heterocycles. The number of aromatic nitrogens is 2. The van der Waals surface area contributed by atoms with E-state index in [-0.39, 0.29) is 0 Å². The Morgan fingerprint density at radius 1 is 1.26 bits per heavy atom. The smallest absolute Gasteiger partial charge is 0.122 e. The minimum Gasteiger partial charge on any atom is -0.337 e. The molecule has 0 bridgehead atoms. The van der Waals surface area contributed by atoms with Crippen molar-refractivity contribution in [2.45, 2.75) is 37.9 Å². The van der Waals surface area contributed by atoms with Crippen LogP contribution < -0.4 is 5.73 Å². The first-order chi connectivity index (χ1) is 9.22. The minimum atomic E-state index is 0.432. The van der Waals surface area contributed by atoms with Crippen LogP contribution in [0.3, 0.4) is 0 Å². The number of rotatable bonds is 3. The van der Waals surface area contributed by atoms with Crippen LogP contribution in [-0.4, -0.2) is 57.6 Å². The van der Waals surface area contributed by atoms with Gasteiger partial charge >= 0.3 is 0 Å². The van der Waals surface area contributed by atoms with Gasteiger partial charge in [-0.25, -0.2) is 4.98 Å². The van der Waals surface area contributed by atoms with Crippen LogP contribution in [-0.2, 0) is 13.6 Å². The van der Waals surface area contributed by atoms with E-state index in [2.05, 4.69) is 26.4 Å². The second-order valence-corrected chi connectivity index (χ2v) is 6.01. The lowest BCUT2D eigenvalue weighted by molar-refractivity contribution is 0.151. The van der Waals surface area contributed by atoms with Crippen LogP contribution >= 0.6 is 0 Å². The van der Waals surface area contributed by atoms with E-state index in [1.165, 1.54) is 38.4 Å². The van der Waals surface area contributed by atoms with E-state index in [1.807, 2.05) is 12.4 Å². The molecular formula is C14H25N5. The third-order valence-electron chi connectivity index (χ3n) is 4.62. The highest BCUT2D eigenvalue weighted by atomic mass is 15.3. The molecule has 2 aliphatic rings. The maximum Gasteiger partial charge on any atom is 0.122 e. The molecule has 0 saturated carbocycles. The zero-order chi connectivity index (χ0) is 13.2. The fourth-order valence-corrected chi connectivity index (χ4v) is 3.29. The lowest BCUT2D eigenvalue weighted by Crippen LogP contribution is -2.46. The normalized spacial score (nSPS) is 27.2. The first-order valence-electron chi connectivity index (χ1n) is 7.40. The lowest BCUT2D eigenvalue weighted by atomic mass is 10.0. The number of imidazole rings is 1. The van der Waals surface area contributed by atoms with Gasteiger partial charge in [-0.05, 0) is 32.4 Å². The third-order valence-corrected chi connectivity index (χ3v) is 4.62. The summed E-state index contributed by atoms with van der Waals surface area (Å²) in [6, 6.07) is 1.16. The van der Waals surface area contributed by atoms with E-state index in [4.69, 9.17) is 5.73 Å². The van der Waals surface area contributed by atoms with Gasteiger partial charge in [-0.3, -0.25) is 9.80 Å². The van der Waals surface area contributed by atoms with Crippen LogP contribution in [0.4, 0.5) is 0 Å². The number of hydrogen-bond donors (Lipinski definition) is 1. The van der Waals surface area contributed by atoms with Crippen LogP contribution in [0.25, 0.3) is 0 Å². The highest BCUT2D eigenvalue weighted by Gasteiger charge is 2.30. The van der Waals surface area contributed by atoms with Gasteiger partial charge in [0.05, 0.1) is 6.54 Å². The molecule has 1 unspecified atom stereocenters. The molecular weight excluding hydrogens is 238 g/mol. The van der Waals surface area contributed by atoms with Crippen LogP contribution in [0.5, 0.6) is 0 Å². The Hall–Kier alpha value is -0.910. The van der Waals surface area contributed by atoms with Crippen molar-refractivity contribution >= 4 is 0 Å². The van der Waals surface area contributed by atoms with Crippen molar-refractivity contribution in [3.63, 3.8) is 0 Å². The summed E-state index contributed by atoms with van der Waals surface area (Å²) in [4.78, 5) is 9.59. The third kappa shape index (κ3) is 2.99. The van der Waals surface area contributed by atoms with Gasteiger partial charge in [0.25, 0.3) is 0 Å². The quantitative estimate of drug-likeness (QED) is 0.858. The molecule has 3 rings (SSSR count). The highest BCUT2D eigenvalue weighted by molar-refractivity contribution is 4.94. The Balaban J connectivity index is 1.51. The number of nitrogens with two attached hydrogens (primary N) is 1. The largest absolute Gasteiger partial charge is 0.337 e. The summed E-state index contributed by atoms with van der Waals surface area (Å²) in [5.74, 6) is 1.17. The first kappa shape index (κ1) is 13.1. The van der Waals surface area contributed by atoms with E-state index in [1.54, 1.807) is 0 Å². The average Bonchev–Trinajstić information content (AvgIpc) is 3.01. The van der Waals surface area contributed by atoms with Crippen LogP contribution in [0.2, 0.25) is 0 Å². The minimum absolute atomic E-state index is 0.432. The SMILES string of the molecule is Cn1ccnc1CN1CCC(N2CCC(N)CC2)C1. The van der Waals surface area contributed by atoms with Crippen molar-refractivity contribution in [3.8, 4) is 0 Å². The predicted molar refractivity (Wildman–Crippen MR) is 75.7 cm³/mol. The maximum absolute atomic E-state index is 5.98. The molecule has 2 fully saturated rings. The molecule has 0 amide bonds. The van der Waals surface area contributed by atoms with Gasteiger partial charge in [0.15, 0.2) is 0 Å². The van der Waals surface area contributed by atoms with Crippen LogP contribution in [0.15, 0.2) is 12.4 Å². The summed E-state index contributed by atoms with van der Waals surface area (Å²) >= 11 is 0. The van der Waals surface area contributed by atoms with Gasteiger partial charge in [-0.1, -0.05) is 0 Å². The molecule has 0 aromatic carbocycles. The number of nitrogens with zero attached hydrogens (tertiary/aromatic N) is 4. The maximum atomic E-state index is 5.98. The van der Waals surface area contributed by atoms with Crippen LogP contribution in [0.1, 0.15) is 25.1 Å². The molecule has 2 saturated heterocycles. The second kappa shape index (κ2) is 5.61. The van der Waals surface area contributed by atoms with Gasteiger partial charge in [-0.2, -0.15) is 0 Å². The van der Waals surface area contributed by atoms with Gasteiger partial charge in [0, 0.05) is 44.6 Å². The Morgan fingerprint density at radius 2 is 2.05 bits per heavy atom. The van der Waals surface area contributed by atoms with E-state index >= 15 is 0 Å². The fourth-order valence-electron chi connectivity index (χ4n) is 3.29. The summed E-state index contributed by atoms with van der Waals surface area (Å²) in [7, 11) is 2.07. The molecule has 2 N–H and O–H groups in total. The number of aryl methyl sites for hydroxylation is 1. The molecule has 0 aliphatic carbocycles. The number of hydrogen-bond acceptors (Lipinski definition) is 4. The number of piperidine rings is 1. The van der Waals surface area contributed by atoms with Gasteiger partial charge in [0.2, 0.25) is 0 Å². The van der Waals surface area contributed by atoms with Gasteiger partial charge in [0.1, 0.15) is 5.82 Å². The summed E-state index contributed by atoms with van der Waals surface area (Å²) in [6.07, 6.45) is 7.52. The van der Waals surface area contributed by atoms with Crippen molar-refractivity contribution < 1.29 is 0 Å². The van der Waals surface area contributed by atoms with Crippen molar-refractivity contribution in [2.24, 2.45) is 12.8 Å². The highest BCUT2D eigenvalue weighted by Crippen LogP contribution is 2.20. The topological polar surface area (TPSA) is 50.3 Å². The summed E-state index contributed by atoms with van der Waals surface area (Å²) in [5.41, 5.74) is 5.98. The van der Waals surface area contributed by atoms with Crippen molar-refractivity contribution in [3.05, 3.63) is 18.2 Å². The Labute approximate surface area is 115 Å². The van der Waals surface area contributed by atoms with Crippen molar-refractivity contribution in [1.82, 2.24) is 19.4 Å². The summed E-state index contributed by atoms with van der Waals surface area (Å²) in [5, 5.41) is 0. The zero-order valence-corrected chi connectivity index (χ0v) is 11.8. The van der Waals surface area contributed by atoms with E-state index in [0.717, 1.165) is 25.4 Å². The van der Waals surface area contributed by atoms with Gasteiger partial charge in [-0.15, -0.1) is 0 Å². The molecule has 1 atom stereocenters. The molecule has 5 heteroatoms. The monoisotopic (exact) mass is 263 g/mol. The molecule has 5 nitrogen and oxygen atoms in total. The number of likely N-dealkylation sites (tertiary alicyclic amines) is 2. The summed E-state index contributed by atoms with van der Waals surface area (Å²) in [6.45, 7) is 5.72. The molecule has 106 valence electrons. The van der Waals surface area contributed by atoms with Crippen LogP contribution in [0, 0.1) is 0 Å². The predicted octanol–water partition coefficient (Wildman–Crippen LogP) is 0.418. The Bertz CT molecular complexity index is 408. The molecule has 0 radical (unpaired) electrons. The zero-order valence-electron chi connectivity index (χ0n) is 11.8. The standard InChI is InChI=1S/C14H25N5/c1-17-9-5-16-14(17)11-18-6-4-13(10-18)19-7-2-12(15)3-8-19/h5,9,12-13H,2-4,6-8,10-11,15H2,1H3. The first-order valence-corrected chi connectivity index (χ1v) is 7.40. The molecule has 0 spiro atoms. The average molecular weight is 263 g/mol. The van der Waals surface area contributed by atoms with E-state index in [0.29, 0.717) is 6.04 Å². The van der Waals surface area contributed by atoms with Crippen molar-refractivity contribution in [2.75, 3.05) is 26.2 Å². The van der Waals surface area contributed by atoms with E-state index in [9.17, 15) is 0 Å². The van der Waals surface area contributed by atoms with Crippen molar-refractivity contribution in [1.29, 1.82) is 0 Å². The second-order valence-electron chi connectivity index (χ2n) is 6.01. The summed E-state index contributed by atoms with van der Waals surface area (Å²) < 4.78 is 2.12. The van der Waals surface area contributed by atoms with Gasteiger partial charge < -0.3 is 10.3 Å². The molecule has 19 heavy (non-hydrogen) atoms.